The maximum Gasteiger partial charge on any atom is 0.252 e. The fraction of sp³-hybridized carbons (Fsp3) is 0.588. The van der Waals surface area contributed by atoms with E-state index in [0.717, 1.165) is 32.4 Å². The van der Waals surface area contributed by atoms with E-state index in [-0.39, 0.29) is 5.91 Å². The van der Waals surface area contributed by atoms with E-state index in [9.17, 15) is 4.79 Å². The average Bonchev–Trinajstić information content (AvgIpc) is 2.56. The second-order valence-corrected chi connectivity index (χ2v) is 5.67. The molecule has 0 aliphatic carbocycles. The predicted octanol–water partition coefficient (Wildman–Crippen LogP) is 2.06. The molecule has 0 radical (unpaired) electrons. The van der Waals surface area contributed by atoms with E-state index >= 15 is 0 Å². The van der Waals surface area contributed by atoms with Crippen molar-refractivity contribution in [2.75, 3.05) is 26.7 Å². The number of methoxy groups -OCH3 is 1. The van der Waals surface area contributed by atoms with Gasteiger partial charge in [0.25, 0.3) is 5.91 Å². The highest BCUT2D eigenvalue weighted by molar-refractivity contribution is 5.85. The van der Waals surface area contributed by atoms with Gasteiger partial charge in [0, 0.05) is 19.6 Å². The summed E-state index contributed by atoms with van der Waals surface area (Å²) in [4.78, 5) is 12.5. The second-order valence-electron chi connectivity index (χ2n) is 5.67. The summed E-state index contributed by atoms with van der Waals surface area (Å²) >= 11 is 0. The van der Waals surface area contributed by atoms with E-state index < -0.39 is 5.60 Å². The lowest BCUT2D eigenvalue weighted by atomic mass is 9.90. The molecule has 116 valence electrons. The summed E-state index contributed by atoms with van der Waals surface area (Å²) in [7, 11) is 1.64. The van der Waals surface area contributed by atoms with Crippen LogP contribution in [0.3, 0.4) is 0 Å². The molecule has 1 aliphatic rings. The summed E-state index contributed by atoms with van der Waals surface area (Å²) in [6.07, 6.45) is 2.47. The number of amides is 1. The van der Waals surface area contributed by atoms with Crippen LogP contribution in [0.2, 0.25) is 0 Å². The van der Waals surface area contributed by atoms with Crippen molar-refractivity contribution in [3.05, 3.63) is 35.9 Å². The standard InChI is InChI=1S/C17H26N2O2/c1-3-14(15-7-5-4-6-8-15)13-19-16(20)17(21-2)9-11-18-12-10-17/h4-8,14,18H,3,9-13H2,1-2H3,(H,19,20). The van der Waals surface area contributed by atoms with Gasteiger partial charge >= 0.3 is 0 Å². The fourth-order valence-corrected chi connectivity index (χ4v) is 2.95. The van der Waals surface area contributed by atoms with Gasteiger partial charge < -0.3 is 15.4 Å². The maximum absolute atomic E-state index is 12.5. The topological polar surface area (TPSA) is 50.4 Å². The summed E-state index contributed by atoms with van der Waals surface area (Å²) in [6.45, 7) is 4.48. The molecule has 1 unspecified atom stereocenters. The van der Waals surface area contributed by atoms with Crippen LogP contribution in [0, 0.1) is 0 Å². The van der Waals surface area contributed by atoms with Crippen molar-refractivity contribution < 1.29 is 9.53 Å². The number of rotatable bonds is 6. The molecule has 1 heterocycles. The largest absolute Gasteiger partial charge is 0.368 e. The summed E-state index contributed by atoms with van der Waals surface area (Å²) in [6, 6.07) is 10.4. The van der Waals surface area contributed by atoms with Gasteiger partial charge in [-0.2, -0.15) is 0 Å². The first-order valence-electron chi connectivity index (χ1n) is 7.81. The molecule has 1 saturated heterocycles. The Kier molecular flexibility index (Phi) is 5.76. The molecule has 21 heavy (non-hydrogen) atoms. The molecule has 0 spiro atoms. The van der Waals surface area contributed by atoms with Crippen molar-refractivity contribution in [1.82, 2.24) is 10.6 Å². The molecule has 1 aliphatic heterocycles. The lowest BCUT2D eigenvalue weighted by molar-refractivity contribution is -0.146. The third-order valence-corrected chi connectivity index (χ3v) is 4.49. The third kappa shape index (κ3) is 3.83. The van der Waals surface area contributed by atoms with Gasteiger partial charge in [0.15, 0.2) is 0 Å². The highest BCUT2D eigenvalue weighted by atomic mass is 16.5. The molecule has 0 bridgehead atoms. The van der Waals surface area contributed by atoms with E-state index in [1.807, 2.05) is 18.2 Å². The summed E-state index contributed by atoms with van der Waals surface area (Å²) < 4.78 is 5.56. The van der Waals surface area contributed by atoms with Gasteiger partial charge in [-0.05, 0) is 37.9 Å². The highest BCUT2D eigenvalue weighted by Gasteiger charge is 2.39. The smallest absolute Gasteiger partial charge is 0.252 e. The lowest BCUT2D eigenvalue weighted by Gasteiger charge is -2.35. The number of nitrogens with one attached hydrogen (secondary N) is 2. The average molecular weight is 290 g/mol. The number of piperidine rings is 1. The first-order chi connectivity index (χ1) is 10.2. The van der Waals surface area contributed by atoms with Crippen LogP contribution in [-0.2, 0) is 9.53 Å². The van der Waals surface area contributed by atoms with Crippen LogP contribution in [0.25, 0.3) is 0 Å². The molecule has 4 nitrogen and oxygen atoms in total. The van der Waals surface area contributed by atoms with Crippen LogP contribution >= 0.6 is 0 Å². The minimum Gasteiger partial charge on any atom is -0.368 e. The van der Waals surface area contributed by atoms with Gasteiger partial charge in [-0.25, -0.2) is 0 Å². The molecule has 2 rings (SSSR count). The third-order valence-electron chi connectivity index (χ3n) is 4.49. The predicted molar refractivity (Wildman–Crippen MR) is 84.3 cm³/mol. The molecule has 2 N–H and O–H groups in total. The minimum atomic E-state index is -0.653. The SMILES string of the molecule is CCC(CNC(=O)C1(OC)CCNCC1)c1ccccc1. The van der Waals surface area contributed by atoms with Crippen molar-refractivity contribution in [1.29, 1.82) is 0 Å². The van der Waals surface area contributed by atoms with Crippen LogP contribution in [0.1, 0.15) is 37.7 Å². The summed E-state index contributed by atoms with van der Waals surface area (Å²) in [5, 5.41) is 6.37. The summed E-state index contributed by atoms with van der Waals surface area (Å²) in [5.41, 5.74) is 0.623. The number of carbonyl (C=O) groups excluding carboxylic acids is 1. The van der Waals surface area contributed by atoms with E-state index in [1.165, 1.54) is 5.56 Å². The molecule has 1 aromatic carbocycles. The molecule has 1 fully saturated rings. The van der Waals surface area contributed by atoms with Crippen molar-refractivity contribution in [3.63, 3.8) is 0 Å². The number of benzene rings is 1. The van der Waals surface area contributed by atoms with Gasteiger partial charge in [0.2, 0.25) is 0 Å². The van der Waals surface area contributed by atoms with Crippen molar-refractivity contribution in [2.24, 2.45) is 0 Å². The number of ether oxygens (including phenoxy) is 1. The molecule has 1 amide bonds. The zero-order valence-electron chi connectivity index (χ0n) is 13.0. The monoisotopic (exact) mass is 290 g/mol. The highest BCUT2D eigenvalue weighted by Crippen LogP contribution is 2.24. The van der Waals surface area contributed by atoms with E-state index in [1.54, 1.807) is 7.11 Å². The Morgan fingerprint density at radius 3 is 2.57 bits per heavy atom. The number of hydrogen-bond donors (Lipinski definition) is 2. The first kappa shape index (κ1) is 16.0. The van der Waals surface area contributed by atoms with Gasteiger partial charge in [0.05, 0.1) is 0 Å². The molecule has 0 saturated carbocycles. The zero-order valence-corrected chi connectivity index (χ0v) is 13.0. The Hall–Kier alpha value is -1.39. The number of carbonyl (C=O) groups is 1. The molecule has 0 aromatic heterocycles. The van der Waals surface area contributed by atoms with Gasteiger partial charge in [-0.15, -0.1) is 0 Å². The molecular formula is C17H26N2O2. The first-order valence-corrected chi connectivity index (χ1v) is 7.81. The van der Waals surface area contributed by atoms with Crippen molar-refractivity contribution in [3.8, 4) is 0 Å². The molecular weight excluding hydrogens is 264 g/mol. The molecule has 1 aromatic rings. The van der Waals surface area contributed by atoms with E-state index in [0.29, 0.717) is 12.5 Å². The van der Waals surface area contributed by atoms with Gasteiger partial charge in [-0.1, -0.05) is 37.3 Å². The second kappa shape index (κ2) is 7.57. The quantitative estimate of drug-likeness (QED) is 0.843. The van der Waals surface area contributed by atoms with Crippen LogP contribution in [0.4, 0.5) is 0 Å². The van der Waals surface area contributed by atoms with Crippen LogP contribution in [0.15, 0.2) is 30.3 Å². The minimum absolute atomic E-state index is 0.0286. The normalized spacial score (nSPS) is 19.0. The fourth-order valence-electron chi connectivity index (χ4n) is 2.95. The van der Waals surface area contributed by atoms with Crippen LogP contribution in [0.5, 0.6) is 0 Å². The maximum atomic E-state index is 12.5. The molecule has 4 heteroatoms. The van der Waals surface area contributed by atoms with Crippen LogP contribution in [-0.4, -0.2) is 38.3 Å². The lowest BCUT2D eigenvalue weighted by Crippen LogP contribution is -2.54. The Morgan fingerprint density at radius 2 is 2.00 bits per heavy atom. The zero-order chi connectivity index (χ0) is 15.1. The Morgan fingerprint density at radius 1 is 1.33 bits per heavy atom. The Bertz CT molecular complexity index is 441. The summed E-state index contributed by atoms with van der Waals surface area (Å²) in [5.74, 6) is 0.381. The number of hydrogen-bond acceptors (Lipinski definition) is 3. The van der Waals surface area contributed by atoms with E-state index in [4.69, 9.17) is 4.74 Å². The molecule has 1 atom stereocenters. The van der Waals surface area contributed by atoms with Crippen molar-refractivity contribution >= 4 is 5.91 Å². The van der Waals surface area contributed by atoms with Crippen LogP contribution < -0.4 is 10.6 Å². The van der Waals surface area contributed by atoms with Crippen molar-refractivity contribution in [2.45, 2.75) is 37.7 Å². The van der Waals surface area contributed by atoms with E-state index in [2.05, 4.69) is 29.7 Å². The van der Waals surface area contributed by atoms with Gasteiger partial charge in [-0.3, -0.25) is 4.79 Å². The Labute approximate surface area is 127 Å². The van der Waals surface area contributed by atoms with Gasteiger partial charge in [0.1, 0.15) is 5.60 Å². The Balaban J connectivity index is 1.95.